The summed E-state index contributed by atoms with van der Waals surface area (Å²) in [5, 5.41) is 17.6. The molecule has 0 aromatic carbocycles. The molecule has 0 aliphatic heterocycles. The summed E-state index contributed by atoms with van der Waals surface area (Å²) in [7, 11) is 0. The van der Waals surface area contributed by atoms with E-state index in [1.165, 1.54) is 6.92 Å². The zero-order valence-electron chi connectivity index (χ0n) is 7.49. The lowest BCUT2D eigenvalue weighted by atomic mass is 10.3. The molecule has 0 unspecified atom stereocenters. The Bertz CT molecular complexity index is 131. The lowest BCUT2D eigenvalue weighted by Gasteiger charge is -2.06. The molecule has 0 aromatic heterocycles. The highest BCUT2D eigenvalue weighted by Gasteiger charge is 2.07. The molecule has 0 aliphatic rings. The Morgan fingerprint density at radius 3 is 2.33 bits per heavy atom. The number of esters is 1. The predicted molar refractivity (Wildman–Crippen MR) is 43.6 cm³/mol. The number of carbonyl (C=O) groups is 1. The van der Waals surface area contributed by atoms with Crippen molar-refractivity contribution in [3.05, 3.63) is 0 Å². The van der Waals surface area contributed by atoms with E-state index in [-0.39, 0.29) is 13.0 Å². The average molecular weight is 176 g/mol. The molecule has 72 valence electrons. The van der Waals surface area contributed by atoms with Gasteiger partial charge < -0.3 is 14.9 Å². The first-order chi connectivity index (χ1) is 5.52. The molecule has 0 spiro atoms. The van der Waals surface area contributed by atoms with E-state index in [1.54, 1.807) is 6.92 Å². The molecule has 0 aromatic rings. The largest absolute Gasteiger partial charge is 0.466 e. The van der Waals surface area contributed by atoms with Gasteiger partial charge in [0.15, 0.2) is 0 Å². The molecule has 0 saturated carbocycles. The van der Waals surface area contributed by atoms with E-state index in [2.05, 4.69) is 0 Å². The maximum absolute atomic E-state index is 10.8. The number of aliphatic hydroxyl groups is 2. The van der Waals surface area contributed by atoms with Crippen LogP contribution < -0.4 is 0 Å². The SMILES string of the molecule is C[C@H](O)CC(=O)OCC[C@@H](C)O. The van der Waals surface area contributed by atoms with Crippen molar-refractivity contribution >= 4 is 5.97 Å². The van der Waals surface area contributed by atoms with Crippen molar-refractivity contribution in [1.29, 1.82) is 0 Å². The van der Waals surface area contributed by atoms with Crippen molar-refractivity contribution in [1.82, 2.24) is 0 Å². The molecule has 0 radical (unpaired) electrons. The van der Waals surface area contributed by atoms with Gasteiger partial charge in [-0.2, -0.15) is 0 Å². The van der Waals surface area contributed by atoms with Crippen LogP contribution in [0.25, 0.3) is 0 Å². The highest BCUT2D eigenvalue weighted by Crippen LogP contribution is 1.95. The molecule has 0 saturated heterocycles. The van der Waals surface area contributed by atoms with E-state index in [0.717, 1.165) is 0 Å². The Labute approximate surface area is 72.2 Å². The minimum atomic E-state index is -0.663. The summed E-state index contributed by atoms with van der Waals surface area (Å²) in [5.41, 5.74) is 0. The lowest BCUT2D eigenvalue weighted by Crippen LogP contribution is -2.15. The molecular weight excluding hydrogens is 160 g/mol. The number of carbonyl (C=O) groups excluding carboxylic acids is 1. The molecule has 0 bridgehead atoms. The van der Waals surface area contributed by atoms with Gasteiger partial charge in [0.1, 0.15) is 0 Å². The molecule has 0 fully saturated rings. The van der Waals surface area contributed by atoms with Crippen LogP contribution in [-0.2, 0) is 9.53 Å². The zero-order valence-corrected chi connectivity index (χ0v) is 7.49. The van der Waals surface area contributed by atoms with Gasteiger partial charge in [0.25, 0.3) is 0 Å². The van der Waals surface area contributed by atoms with E-state index in [1.807, 2.05) is 0 Å². The smallest absolute Gasteiger partial charge is 0.308 e. The van der Waals surface area contributed by atoms with E-state index >= 15 is 0 Å². The third-order valence-corrected chi connectivity index (χ3v) is 1.26. The van der Waals surface area contributed by atoms with Crippen LogP contribution in [0.15, 0.2) is 0 Å². The number of rotatable bonds is 5. The van der Waals surface area contributed by atoms with Crippen LogP contribution in [0.4, 0.5) is 0 Å². The second-order valence-corrected chi connectivity index (χ2v) is 2.91. The molecule has 0 aliphatic carbocycles. The summed E-state index contributed by atoms with van der Waals surface area (Å²) in [6.45, 7) is 3.36. The van der Waals surface area contributed by atoms with Crippen LogP contribution in [0.2, 0.25) is 0 Å². The molecule has 12 heavy (non-hydrogen) atoms. The van der Waals surface area contributed by atoms with Gasteiger partial charge in [-0.25, -0.2) is 0 Å². The molecular formula is C8H16O4. The van der Waals surface area contributed by atoms with Gasteiger partial charge in [-0.3, -0.25) is 4.79 Å². The fourth-order valence-corrected chi connectivity index (χ4v) is 0.643. The number of aliphatic hydroxyl groups excluding tert-OH is 2. The predicted octanol–water partition coefficient (Wildman–Crippen LogP) is 0.0714. The van der Waals surface area contributed by atoms with Crippen molar-refractivity contribution in [3.63, 3.8) is 0 Å². The van der Waals surface area contributed by atoms with Crippen LogP contribution in [0.3, 0.4) is 0 Å². The average Bonchev–Trinajstić information content (AvgIpc) is 1.84. The fraction of sp³-hybridized carbons (Fsp3) is 0.875. The fourth-order valence-electron chi connectivity index (χ4n) is 0.643. The number of hydrogen-bond donors (Lipinski definition) is 2. The second kappa shape index (κ2) is 5.97. The van der Waals surface area contributed by atoms with E-state index in [9.17, 15) is 4.79 Å². The van der Waals surface area contributed by atoms with Crippen molar-refractivity contribution in [3.8, 4) is 0 Å². The van der Waals surface area contributed by atoms with Crippen molar-refractivity contribution in [2.45, 2.75) is 38.9 Å². The topological polar surface area (TPSA) is 66.8 Å². The Hall–Kier alpha value is -0.610. The van der Waals surface area contributed by atoms with Crippen LogP contribution in [-0.4, -0.2) is 35.0 Å². The van der Waals surface area contributed by atoms with Gasteiger partial charge in [0.2, 0.25) is 0 Å². The highest BCUT2D eigenvalue weighted by molar-refractivity contribution is 5.69. The summed E-state index contributed by atoms with van der Waals surface area (Å²) < 4.78 is 4.70. The first kappa shape index (κ1) is 11.4. The van der Waals surface area contributed by atoms with Gasteiger partial charge in [-0.05, 0) is 13.8 Å². The van der Waals surface area contributed by atoms with Crippen LogP contribution in [0.1, 0.15) is 26.7 Å². The quantitative estimate of drug-likeness (QED) is 0.582. The number of hydrogen-bond acceptors (Lipinski definition) is 4. The summed E-state index contributed by atoms with van der Waals surface area (Å²) in [6.07, 6.45) is -0.667. The minimum absolute atomic E-state index is 0.0137. The first-order valence-corrected chi connectivity index (χ1v) is 4.04. The Morgan fingerprint density at radius 2 is 1.92 bits per heavy atom. The van der Waals surface area contributed by atoms with E-state index in [0.29, 0.717) is 6.42 Å². The van der Waals surface area contributed by atoms with Gasteiger partial charge in [0.05, 0.1) is 25.2 Å². The van der Waals surface area contributed by atoms with Gasteiger partial charge in [-0.15, -0.1) is 0 Å². The van der Waals surface area contributed by atoms with Crippen LogP contribution in [0, 0.1) is 0 Å². The second-order valence-electron chi connectivity index (χ2n) is 2.91. The molecule has 0 amide bonds. The van der Waals surface area contributed by atoms with Crippen molar-refractivity contribution < 1.29 is 19.7 Å². The van der Waals surface area contributed by atoms with Crippen LogP contribution >= 0.6 is 0 Å². The maximum Gasteiger partial charge on any atom is 0.308 e. The van der Waals surface area contributed by atoms with Gasteiger partial charge in [-0.1, -0.05) is 0 Å². The summed E-state index contributed by atoms with van der Waals surface area (Å²) in [4.78, 5) is 10.8. The highest BCUT2D eigenvalue weighted by atomic mass is 16.5. The van der Waals surface area contributed by atoms with Crippen LogP contribution in [0.5, 0.6) is 0 Å². The van der Waals surface area contributed by atoms with Gasteiger partial charge in [0, 0.05) is 6.42 Å². The number of ether oxygens (including phenoxy) is 1. The molecule has 4 heteroatoms. The van der Waals surface area contributed by atoms with Crippen molar-refractivity contribution in [2.75, 3.05) is 6.61 Å². The van der Waals surface area contributed by atoms with Gasteiger partial charge >= 0.3 is 5.97 Å². The molecule has 2 atom stereocenters. The Morgan fingerprint density at radius 1 is 1.33 bits per heavy atom. The third kappa shape index (κ3) is 7.50. The van der Waals surface area contributed by atoms with E-state index in [4.69, 9.17) is 14.9 Å². The molecule has 0 heterocycles. The molecule has 4 nitrogen and oxygen atoms in total. The third-order valence-electron chi connectivity index (χ3n) is 1.26. The standard InChI is InChI=1S/C8H16O4/c1-6(9)3-4-12-8(11)5-7(2)10/h6-7,9-10H,3-5H2,1-2H3/t6-,7+/m1/s1. The Kier molecular flexibility index (Phi) is 5.66. The summed E-state index contributed by atoms with van der Waals surface area (Å²) in [6, 6.07) is 0. The van der Waals surface area contributed by atoms with Crippen molar-refractivity contribution in [2.24, 2.45) is 0 Å². The summed E-state index contributed by atoms with van der Waals surface area (Å²) >= 11 is 0. The Balaban J connectivity index is 3.32. The molecule has 0 rings (SSSR count). The summed E-state index contributed by atoms with van der Waals surface area (Å²) in [5.74, 6) is -0.425. The normalized spacial score (nSPS) is 15.3. The maximum atomic E-state index is 10.8. The van der Waals surface area contributed by atoms with E-state index < -0.39 is 18.2 Å². The minimum Gasteiger partial charge on any atom is -0.466 e. The molecule has 2 N–H and O–H groups in total. The zero-order chi connectivity index (χ0) is 9.56. The lowest BCUT2D eigenvalue weighted by molar-refractivity contribution is -0.146. The first-order valence-electron chi connectivity index (χ1n) is 4.04. The monoisotopic (exact) mass is 176 g/mol.